The van der Waals surface area contributed by atoms with Crippen LogP contribution in [0.1, 0.15) is 44.3 Å². The maximum atomic E-state index is 4.55. The molecular weight excluding hydrogens is 220 g/mol. The van der Waals surface area contributed by atoms with Crippen LogP contribution in [0.25, 0.3) is 0 Å². The Morgan fingerprint density at radius 3 is 2.06 bits per heavy atom. The molecule has 1 aromatic heterocycles. The van der Waals surface area contributed by atoms with Crippen molar-refractivity contribution in [3.05, 3.63) is 18.2 Å². The van der Waals surface area contributed by atoms with E-state index < -0.39 is 0 Å². The zero-order chi connectivity index (χ0) is 9.88. The number of H-pyrrole nitrogens is 1. The molecule has 2 nitrogen and oxygen atoms in total. The van der Waals surface area contributed by atoms with Gasteiger partial charge in [-0.1, -0.05) is 0 Å². The van der Waals surface area contributed by atoms with Crippen LogP contribution < -0.4 is 0 Å². The summed E-state index contributed by atoms with van der Waals surface area (Å²) in [7, 11) is 0. The van der Waals surface area contributed by atoms with Gasteiger partial charge in [0.2, 0.25) is 0 Å². The third-order valence-corrected chi connectivity index (χ3v) is 5.04. The van der Waals surface area contributed by atoms with Gasteiger partial charge in [0, 0.05) is 17.8 Å². The van der Waals surface area contributed by atoms with Gasteiger partial charge in [0.05, 0.1) is 0 Å². The summed E-state index contributed by atoms with van der Waals surface area (Å²) in [6.07, 6.45) is 12.7. The lowest BCUT2D eigenvalue weighted by molar-refractivity contribution is -0.00901. The third kappa shape index (κ3) is 1.35. The van der Waals surface area contributed by atoms with Crippen LogP contribution in [0.4, 0.5) is 0 Å². The lowest BCUT2D eigenvalue weighted by Gasteiger charge is -2.55. The minimum atomic E-state index is 0. The van der Waals surface area contributed by atoms with E-state index >= 15 is 0 Å². The Hall–Kier alpha value is -0.500. The second-order valence-corrected chi connectivity index (χ2v) is 6.14. The smallest absolute Gasteiger partial charge is 0.112 e. The highest BCUT2D eigenvalue weighted by Crippen LogP contribution is 2.59. The first kappa shape index (κ1) is 10.6. The summed E-state index contributed by atoms with van der Waals surface area (Å²) in [5, 5.41) is 0. The summed E-state index contributed by atoms with van der Waals surface area (Å²) in [6.45, 7) is 0. The molecule has 88 valence electrons. The van der Waals surface area contributed by atoms with Gasteiger partial charge in [-0.05, 0) is 56.3 Å². The number of nitrogens with one attached hydrogen (secondary N) is 1. The molecule has 4 aliphatic rings. The zero-order valence-corrected chi connectivity index (χ0v) is 10.3. The second kappa shape index (κ2) is 3.49. The number of halogens is 1. The molecule has 0 unspecified atom stereocenters. The first-order valence-electron chi connectivity index (χ1n) is 6.34. The van der Waals surface area contributed by atoms with Gasteiger partial charge in [-0.3, -0.25) is 0 Å². The molecule has 0 radical (unpaired) electrons. The highest BCUT2D eigenvalue weighted by Gasteiger charge is 2.52. The van der Waals surface area contributed by atoms with E-state index in [4.69, 9.17) is 0 Å². The van der Waals surface area contributed by atoms with E-state index in [1.54, 1.807) is 0 Å². The molecule has 5 rings (SSSR count). The van der Waals surface area contributed by atoms with Crippen molar-refractivity contribution < 1.29 is 0 Å². The first-order valence-corrected chi connectivity index (χ1v) is 6.34. The SMILES string of the molecule is Cl.c1c[nH]c(C23CC4CC(CC(C4)C2)C3)n1. The fraction of sp³-hybridized carbons (Fsp3) is 0.769. The van der Waals surface area contributed by atoms with Gasteiger partial charge >= 0.3 is 0 Å². The predicted octanol–water partition coefficient (Wildman–Crippen LogP) is 3.30. The zero-order valence-electron chi connectivity index (χ0n) is 9.48. The molecule has 4 aliphatic carbocycles. The van der Waals surface area contributed by atoms with Gasteiger partial charge in [-0.15, -0.1) is 12.4 Å². The van der Waals surface area contributed by atoms with Crippen LogP contribution in [0.5, 0.6) is 0 Å². The van der Waals surface area contributed by atoms with E-state index in [1.165, 1.54) is 44.3 Å². The number of aromatic nitrogens is 2. The van der Waals surface area contributed by atoms with E-state index in [2.05, 4.69) is 9.97 Å². The molecule has 0 aromatic carbocycles. The molecular formula is C13H19ClN2. The Bertz CT molecular complexity index is 336. The van der Waals surface area contributed by atoms with Crippen LogP contribution in [-0.2, 0) is 5.41 Å². The van der Waals surface area contributed by atoms with Crippen molar-refractivity contribution >= 4 is 12.4 Å². The highest BCUT2D eigenvalue weighted by molar-refractivity contribution is 5.85. The average molecular weight is 239 g/mol. The number of imidazole rings is 1. The van der Waals surface area contributed by atoms with Crippen molar-refractivity contribution in [2.45, 2.75) is 43.9 Å². The number of rotatable bonds is 1. The fourth-order valence-electron chi connectivity index (χ4n) is 4.96. The maximum Gasteiger partial charge on any atom is 0.112 e. The summed E-state index contributed by atoms with van der Waals surface area (Å²) in [4.78, 5) is 7.93. The Morgan fingerprint density at radius 2 is 1.62 bits per heavy atom. The van der Waals surface area contributed by atoms with E-state index in [-0.39, 0.29) is 12.4 Å². The van der Waals surface area contributed by atoms with Gasteiger partial charge in [-0.25, -0.2) is 4.98 Å². The lowest BCUT2D eigenvalue weighted by Crippen LogP contribution is -2.49. The monoisotopic (exact) mass is 238 g/mol. The maximum absolute atomic E-state index is 4.55. The Morgan fingerprint density at radius 1 is 1.06 bits per heavy atom. The van der Waals surface area contributed by atoms with E-state index in [0.29, 0.717) is 5.41 Å². The molecule has 0 atom stereocenters. The minimum Gasteiger partial charge on any atom is -0.348 e. The fourth-order valence-corrected chi connectivity index (χ4v) is 4.96. The summed E-state index contributed by atoms with van der Waals surface area (Å²) < 4.78 is 0. The quantitative estimate of drug-likeness (QED) is 0.799. The lowest BCUT2D eigenvalue weighted by atomic mass is 9.49. The van der Waals surface area contributed by atoms with Gasteiger partial charge in [0.15, 0.2) is 0 Å². The number of hydrogen-bond donors (Lipinski definition) is 1. The van der Waals surface area contributed by atoms with E-state index in [1.807, 2.05) is 12.4 Å². The van der Waals surface area contributed by atoms with Crippen LogP contribution in [0.15, 0.2) is 12.4 Å². The molecule has 1 heterocycles. The molecule has 1 aromatic rings. The molecule has 16 heavy (non-hydrogen) atoms. The molecule has 4 saturated carbocycles. The topological polar surface area (TPSA) is 28.7 Å². The highest BCUT2D eigenvalue weighted by atomic mass is 35.5. The van der Waals surface area contributed by atoms with Crippen LogP contribution in [-0.4, -0.2) is 9.97 Å². The second-order valence-electron chi connectivity index (χ2n) is 6.14. The Kier molecular flexibility index (Phi) is 2.32. The molecule has 0 amide bonds. The molecule has 4 fully saturated rings. The molecule has 0 spiro atoms. The van der Waals surface area contributed by atoms with Gasteiger partial charge < -0.3 is 4.98 Å². The van der Waals surface area contributed by atoms with Crippen molar-refractivity contribution in [2.75, 3.05) is 0 Å². The van der Waals surface area contributed by atoms with Crippen molar-refractivity contribution in [3.8, 4) is 0 Å². The molecule has 0 aliphatic heterocycles. The predicted molar refractivity (Wildman–Crippen MR) is 65.7 cm³/mol. The third-order valence-electron chi connectivity index (χ3n) is 5.04. The molecule has 1 N–H and O–H groups in total. The van der Waals surface area contributed by atoms with Gasteiger partial charge in [-0.2, -0.15) is 0 Å². The first-order chi connectivity index (χ1) is 7.34. The molecule has 3 heteroatoms. The van der Waals surface area contributed by atoms with Crippen LogP contribution in [0, 0.1) is 17.8 Å². The van der Waals surface area contributed by atoms with Crippen LogP contribution in [0.2, 0.25) is 0 Å². The molecule has 4 bridgehead atoms. The largest absolute Gasteiger partial charge is 0.348 e. The number of nitrogens with zero attached hydrogens (tertiary/aromatic N) is 1. The van der Waals surface area contributed by atoms with Crippen molar-refractivity contribution in [1.29, 1.82) is 0 Å². The Balaban J connectivity index is 0.000000810. The van der Waals surface area contributed by atoms with Crippen molar-refractivity contribution in [1.82, 2.24) is 9.97 Å². The summed E-state index contributed by atoms with van der Waals surface area (Å²) >= 11 is 0. The Labute approximate surface area is 103 Å². The van der Waals surface area contributed by atoms with Crippen LogP contribution >= 0.6 is 12.4 Å². The van der Waals surface area contributed by atoms with Crippen LogP contribution in [0.3, 0.4) is 0 Å². The summed E-state index contributed by atoms with van der Waals surface area (Å²) in [5.74, 6) is 4.34. The molecule has 0 saturated heterocycles. The minimum absolute atomic E-state index is 0. The van der Waals surface area contributed by atoms with Crippen molar-refractivity contribution in [2.24, 2.45) is 17.8 Å². The number of aromatic amines is 1. The summed E-state index contributed by atoms with van der Waals surface area (Å²) in [6, 6.07) is 0. The van der Waals surface area contributed by atoms with Gasteiger partial charge in [0.1, 0.15) is 5.82 Å². The normalized spacial score (nSPS) is 44.4. The standard InChI is InChI=1S/C13H18N2.ClH/c1-2-15-12(14-1)13-6-9-3-10(7-13)5-11(4-9)8-13;/h1-2,9-11H,3-8H2,(H,14,15);1H. The van der Waals surface area contributed by atoms with Gasteiger partial charge in [0.25, 0.3) is 0 Å². The van der Waals surface area contributed by atoms with Crippen molar-refractivity contribution in [3.63, 3.8) is 0 Å². The van der Waals surface area contributed by atoms with E-state index in [9.17, 15) is 0 Å². The number of hydrogen-bond acceptors (Lipinski definition) is 1. The summed E-state index contributed by atoms with van der Waals surface area (Å²) in [5.41, 5.74) is 0.457. The van der Waals surface area contributed by atoms with E-state index in [0.717, 1.165) is 17.8 Å². The average Bonchev–Trinajstić information content (AvgIpc) is 2.67.